The van der Waals surface area contributed by atoms with Gasteiger partial charge in [-0.1, -0.05) is 41.7 Å². The first-order valence-corrected chi connectivity index (χ1v) is 12.2. The molecule has 0 bridgehead atoms. The van der Waals surface area contributed by atoms with Crippen LogP contribution in [0.2, 0.25) is 0 Å². The molecule has 1 amide bonds. The highest BCUT2D eigenvalue weighted by Gasteiger charge is 2.24. The molecule has 3 N–H and O–H groups in total. The molecule has 3 aromatic heterocycles. The molecule has 0 saturated heterocycles. The molecule has 2 aromatic carbocycles. The Morgan fingerprint density at radius 1 is 0.971 bits per heavy atom. The lowest BCUT2D eigenvalue weighted by atomic mass is 9.98. The van der Waals surface area contributed by atoms with Crippen molar-refractivity contribution in [3.05, 3.63) is 64.5 Å². The number of methoxy groups -OCH3 is 2. The van der Waals surface area contributed by atoms with Gasteiger partial charge in [0.2, 0.25) is 5.13 Å². The van der Waals surface area contributed by atoms with Crippen molar-refractivity contribution in [2.45, 2.75) is 6.92 Å². The van der Waals surface area contributed by atoms with Crippen LogP contribution < -0.4 is 20.5 Å². The molecular weight excluding hydrogens is 482 g/mol. The normalized spacial score (nSPS) is 10.9. The van der Waals surface area contributed by atoms with Crippen molar-refractivity contribution in [2.24, 2.45) is 0 Å². The second-order valence-corrected chi connectivity index (χ2v) is 9.77. The molecule has 0 saturated carbocycles. The van der Waals surface area contributed by atoms with E-state index in [1.54, 1.807) is 14.2 Å². The van der Waals surface area contributed by atoms with Crippen molar-refractivity contribution < 1.29 is 14.3 Å². The van der Waals surface area contributed by atoms with Crippen LogP contribution in [-0.2, 0) is 0 Å². The van der Waals surface area contributed by atoms with Crippen LogP contribution >= 0.6 is 22.7 Å². The summed E-state index contributed by atoms with van der Waals surface area (Å²) < 4.78 is 11.1. The van der Waals surface area contributed by atoms with Crippen molar-refractivity contribution in [1.29, 1.82) is 0 Å². The number of aryl methyl sites for hydroxylation is 1. The number of pyridine rings is 1. The van der Waals surface area contributed by atoms with E-state index < -0.39 is 0 Å². The Bertz CT molecular complexity index is 1550. The summed E-state index contributed by atoms with van der Waals surface area (Å²) in [7, 11) is 3.22. The van der Waals surface area contributed by atoms with Crippen LogP contribution in [0.5, 0.6) is 11.5 Å². The van der Waals surface area contributed by atoms with Gasteiger partial charge >= 0.3 is 0 Å². The molecule has 0 unspecified atom stereocenters. The average Bonchev–Trinajstić information content (AvgIpc) is 3.45. The van der Waals surface area contributed by atoms with Crippen molar-refractivity contribution in [3.63, 3.8) is 0 Å². The molecule has 176 valence electrons. The van der Waals surface area contributed by atoms with Gasteiger partial charge in [0.05, 0.1) is 25.6 Å². The van der Waals surface area contributed by atoms with Gasteiger partial charge in [0.1, 0.15) is 26.2 Å². The monoisotopic (exact) mass is 503 g/mol. The Balaban J connectivity index is 1.74. The Hall–Kier alpha value is -4.02. The zero-order chi connectivity index (χ0) is 24.5. The number of hydrogen-bond donors (Lipinski definition) is 2. The number of carbonyl (C=O) groups excluding carboxylic acids is 1. The van der Waals surface area contributed by atoms with Gasteiger partial charge in [-0.2, -0.15) is 0 Å². The molecule has 35 heavy (non-hydrogen) atoms. The molecule has 0 atom stereocenters. The second kappa shape index (κ2) is 9.32. The van der Waals surface area contributed by atoms with Gasteiger partial charge in [-0.3, -0.25) is 10.1 Å². The lowest BCUT2D eigenvalue weighted by Crippen LogP contribution is -2.11. The molecule has 8 nitrogen and oxygen atoms in total. The van der Waals surface area contributed by atoms with E-state index in [1.165, 1.54) is 22.7 Å². The zero-order valence-corrected chi connectivity index (χ0v) is 20.8. The van der Waals surface area contributed by atoms with Crippen LogP contribution in [0.4, 0.5) is 10.8 Å². The number of nitrogens with two attached hydrogens (primary N) is 1. The highest BCUT2D eigenvalue weighted by molar-refractivity contribution is 7.21. The number of nitrogens with one attached hydrogen (secondary N) is 1. The second-order valence-electron chi connectivity index (χ2n) is 7.59. The topological polar surface area (TPSA) is 112 Å². The van der Waals surface area contributed by atoms with Gasteiger partial charge in [-0.05, 0) is 31.2 Å². The standard InChI is InChI=1S/C25H21N5O3S2/c1-13-29-30-25(34-13)28-23(31)22-21(26)20-17(16-11-15(32-2)9-10-19(16)33-3)12-18(27-24(20)35-22)14-7-5-4-6-8-14/h4-12H,26H2,1-3H3,(H,28,30,31). The zero-order valence-electron chi connectivity index (χ0n) is 19.2. The summed E-state index contributed by atoms with van der Waals surface area (Å²) in [6.07, 6.45) is 0. The first kappa shape index (κ1) is 22.8. The summed E-state index contributed by atoms with van der Waals surface area (Å²) in [4.78, 5) is 19.0. The van der Waals surface area contributed by atoms with Crippen LogP contribution in [0, 0.1) is 6.92 Å². The van der Waals surface area contributed by atoms with Gasteiger partial charge in [0.25, 0.3) is 5.91 Å². The number of ether oxygens (including phenoxy) is 2. The fourth-order valence-corrected chi connectivity index (χ4v) is 5.39. The number of hydrogen-bond acceptors (Lipinski definition) is 9. The maximum atomic E-state index is 13.1. The maximum Gasteiger partial charge on any atom is 0.269 e. The Labute approximate surface area is 209 Å². The lowest BCUT2D eigenvalue weighted by Gasteiger charge is -2.13. The number of carbonyl (C=O) groups is 1. The van der Waals surface area contributed by atoms with Gasteiger partial charge in [0.15, 0.2) is 0 Å². The van der Waals surface area contributed by atoms with E-state index in [9.17, 15) is 4.79 Å². The number of benzene rings is 2. The van der Waals surface area contributed by atoms with E-state index in [0.717, 1.165) is 27.4 Å². The Kier molecular flexibility index (Phi) is 6.06. The summed E-state index contributed by atoms with van der Waals surface area (Å²) in [5.41, 5.74) is 10.2. The third-order valence-corrected chi connectivity index (χ3v) is 7.27. The number of nitrogen functional groups attached to an aromatic ring is 1. The molecule has 5 rings (SSSR count). The molecule has 0 aliphatic carbocycles. The van der Waals surface area contributed by atoms with Crippen molar-refractivity contribution in [2.75, 3.05) is 25.3 Å². The molecule has 5 aromatic rings. The molecule has 0 aliphatic heterocycles. The summed E-state index contributed by atoms with van der Waals surface area (Å²) in [5, 5.41) is 12.6. The van der Waals surface area contributed by atoms with E-state index in [-0.39, 0.29) is 5.91 Å². The molecular formula is C25H21N5O3S2. The predicted molar refractivity (Wildman–Crippen MR) is 141 cm³/mol. The first-order chi connectivity index (χ1) is 17.0. The summed E-state index contributed by atoms with van der Waals surface area (Å²) >= 11 is 2.53. The number of amides is 1. The Morgan fingerprint density at radius 3 is 2.46 bits per heavy atom. The van der Waals surface area contributed by atoms with E-state index in [2.05, 4.69) is 15.5 Å². The van der Waals surface area contributed by atoms with Gasteiger partial charge in [-0.25, -0.2) is 4.98 Å². The van der Waals surface area contributed by atoms with E-state index in [0.29, 0.717) is 37.4 Å². The highest BCUT2D eigenvalue weighted by atomic mass is 32.1. The van der Waals surface area contributed by atoms with E-state index >= 15 is 0 Å². The molecule has 10 heteroatoms. The first-order valence-electron chi connectivity index (χ1n) is 10.6. The summed E-state index contributed by atoms with van der Waals surface area (Å²) in [5.74, 6) is 0.968. The number of rotatable bonds is 6. The summed E-state index contributed by atoms with van der Waals surface area (Å²) in [6, 6.07) is 17.4. The number of aromatic nitrogens is 3. The molecule has 0 spiro atoms. The smallest absolute Gasteiger partial charge is 0.269 e. The average molecular weight is 504 g/mol. The third-order valence-electron chi connectivity index (χ3n) is 5.42. The SMILES string of the molecule is COc1ccc(OC)c(-c2cc(-c3ccccc3)nc3sc(C(=O)Nc4nnc(C)s4)c(N)c23)c1. The van der Waals surface area contributed by atoms with Crippen LogP contribution in [0.3, 0.4) is 0 Å². The fourth-order valence-electron chi connectivity index (χ4n) is 3.78. The van der Waals surface area contributed by atoms with Crippen molar-refractivity contribution in [1.82, 2.24) is 15.2 Å². The van der Waals surface area contributed by atoms with Crippen LogP contribution in [0.1, 0.15) is 14.7 Å². The molecule has 0 fully saturated rings. The molecule has 0 aliphatic rings. The van der Waals surface area contributed by atoms with Gasteiger partial charge in [-0.15, -0.1) is 21.5 Å². The number of fused-ring (bicyclic) bond motifs is 1. The Morgan fingerprint density at radius 2 is 1.77 bits per heavy atom. The lowest BCUT2D eigenvalue weighted by molar-refractivity contribution is 0.103. The van der Waals surface area contributed by atoms with E-state index in [1.807, 2.05) is 61.5 Å². The summed E-state index contributed by atoms with van der Waals surface area (Å²) in [6.45, 7) is 1.82. The fraction of sp³-hybridized carbons (Fsp3) is 0.120. The molecule has 0 radical (unpaired) electrons. The maximum absolute atomic E-state index is 13.1. The minimum atomic E-state index is -0.355. The largest absolute Gasteiger partial charge is 0.497 e. The van der Waals surface area contributed by atoms with Crippen LogP contribution in [0.25, 0.3) is 32.6 Å². The van der Waals surface area contributed by atoms with Crippen molar-refractivity contribution in [3.8, 4) is 33.9 Å². The number of nitrogens with zero attached hydrogens (tertiary/aromatic N) is 3. The number of thiophene rings is 1. The van der Waals surface area contributed by atoms with E-state index in [4.69, 9.17) is 20.2 Å². The van der Waals surface area contributed by atoms with Crippen molar-refractivity contribution >= 4 is 49.6 Å². The van der Waals surface area contributed by atoms with Crippen LogP contribution in [-0.4, -0.2) is 35.3 Å². The van der Waals surface area contributed by atoms with Crippen LogP contribution in [0.15, 0.2) is 54.6 Å². The minimum Gasteiger partial charge on any atom is -0.497 e. The van der Waals surface area contributed by atoms with Gasteiger partial charge < -0.3 is 15.2 Å². The molecule has 3 heterocycles. The minimum absolute atomic E-state index is 0.343. The third kappa shape index (κ3) is 4.29. The number of anilines is 2. The predicted octanol–water partition coefficient (Wildman–Crippen LogP) is 5.64. The quantitative estimate of drug-likeness (QED) is 0.308. The van der Waals surface area contributed by atoms with Gasteiger partial charge in [0, 0.05) is 22.1 Å². The highest BCUT2D eigenvalue weighted by Crippen LogP contribution is 2.44.